The first kappa shape index (κ1) is 11.2. The number of aryl methyl sites for hydroxylation is 2. The van der Waals surface area contributed by atoms with Gasteiger partial charge in [0, 0.05) is 6.20 Å². The van der Waals surface area contributed by atoms with Crippen molar-refractivity contribution in [2.75, 3.05) is 5.73 Å². The number of nitrogens with two attached hydrogens (primary N) is 1. The molecule has 84 valence electrons. The minimum atomic E-state index is 0.531. The molecular weight excluding hydrogens is 266 g/mol. The quantitative estimate of drug-likeness (QED) is 0.919. The highest BCUT2D eigenvalue weighted by Crippen LogP contribution is 2.18. The molecule has 0 spiro atoms. The van der Waals surface area contributed by atoms with Crippen LogP contribution in [0.1, 0.15) is 16.7 Å². The minimum Gasteiger partial charge on any atom is -0.381 e. The van der Waals surface area contributed by atoms with Crippen LogP contribution in [0.2, 0.25) is 0 Å². The van der Waals surface area contributed by atoms with Gasteiger partial charge in [-0.25, -0.2) is 0 Å². The van der Waals surface area contributed by atoms with E-state index in [0.717, 1.165) is 11.0 Å². The fourth-order valence-corrected chi connectivity index (χ4v) is 1.90. The molecule has 0 aliphatic heterocycles. The van der Waals surface area contributed by atoms with Crippen LogP contribution in [0.25, 0.3) is 0 Å². The zero-order valence-corrected chi connectivity index (χ0v) is 11.0. The zero-order chi connectivity index (χ0) is 11.7. The monoisotopic (exact) mass is 279 g/mol. The molecule has 0 unspecified atom stereocenters. The van der Waals surface area contributed by atoms with Crippen molar-refractivity contribution in [3.8, 4) is 0 Å². The molecule has 1 heterocycles. The number of hydrogen-bond donors (Lipinski definition) is 1. The van der Waals surface area contributed by atoms with Crippen molar-refractivity contribution in [1.29, 1.82) is 0 Å². The Hall–Kier alpha value is -1.29. The van der Waals surface area contributed by atoms with Crippen LogP contribution in [0.3, 0.4) is 0 Å². The van der Waals surface area contributed by atoms with E-state index in [4.69, 9.17) is 5.73 Å². The number of benzene rings is 1. The van der Waals surface area contributed by atoms with Gasteiger partial charge in [-0.2, -0.15) is 5.10 Å². The molecule has 0 saturated carbocycles. The average molecular weight is 280 g/mol. The molecule has 0 amide bonds. The number of nitrogen functional groups attached to an aromatic ring is 1. The van der Waals surface area contributed by atoms with E-state index in [1.807, 2.05) is 10.9 Å². The van der Waals surface area contributed by atoms with Gasteiger partial charge < -0.3 is 5.73 Å². The number of nitrogens with zero attached hydrogens (tertiary/aromatic N) is 2. The summed E-state index contributed by atoms with van der Waals surface area (Å²) in [6.45, 7) is 4.98. The Bertz CT molecular complexity index is 497. The molecule has 0 aliphatic rings. The molecule has 0 radical (unpaired) electrons. The first-order valence-corrected chi connectivity index (χ1v) is 5.90. The van der Waals surface area contributed by atoms with Gasteiger partial charge in [-0.3, -0.25) is 4.68 Å². The lowest BCUT2D eigenvalue weighted by molar-refractivity contribution is 0.689. The Kier molecular flexibility index (Phi) is 3.01. The largest absolute Gasteiger partial charge is 0.381 e. The second-order valence-electron chi connectivity index (χ2n) is 3.98. The van der Waals surface area contributed by atoms with Crippen molar-refractivity contribution < 1.29 is 0 Å². The van der Waals surface area contributed by atoms with E-state index in [1.165, 1.54) is 16.7 Å². The van der Waals surface area contributed by atoms with Gasteiger partial charge in [-0.1, -0.05) is 18.2 Å². The number of hydrogen-bond acceptors (Lipinski definition) is 2. The van der Waals surface area contributed by atoms with Crippen molar-refractivity contribution in [3.05, 3.63) is 45.6 Å². The van der Waals surface area contributed by atoms with Crippen molar-refractivity contribution in [3.63, 3.8) is 0 Å². The predicted molar refractivity (Wildman–Crippen MR) is 69.4 cm³/mol. The van der Waals surface area contributed by atoms with E-state index in [2.05, 4.69) is 53.1 Å². The highest BCUT2D eigenvalue weighted by Gasteiger charge is 2.03. The van der Waals surface area contributed by atoms with Crippen LogP contribution >= 0.6 is 15.9 Å². The molecule has 0 bridgehead atoms. The van der Waals surface area contributed by atoms with Crippen LogP contribution in [0, 0.1) is 13.8 Å². The Balaban J connectivity index is 2.23. The summed E-state index contributed by atoms with van der Waals surface area (Å²) in [6.07, 6.45) is 1.89. The summed E-state index contributed by atoms with van der Waals surface area (Å²) in [6, 6.07) is 6.43. The van der Waals surface area contributed by atoms with Gasteiger partial charge in [0.15, 0.2) is 5.82 Å². The van der Waals surface area contributed by atoms with Gasteiger partial charge >= 0.3 is 0 Å². The maximum atomic E-state index is 5.67. The standard InChI is InChI=1S/C12H14BrN3/c1-8-3-4-10(5-9(8)2)6-16-7-11(13)12(14)15-16/h3-5,7H,6H2,1-2H3,(H2,14,15). The fourth-order valence-electron chi connectivity index (χ4n) is 1.58. The molecule has 4 heteroatoms. The summed E-state index contributed by atoms with van der Waals surface area (Å²) in [4.78, 5) is 0. The first-order chi connectivity index (χ1) is 7.56. The van der Waals surface area contributed by atoms with Crippen LogP contribution in [-0.4, -0.2) is 9.78 Å². The van der Waals surface area contributed by atoms with Gasteiger partial charge in [0.1, 0.15) is 0 Å². The lowest BCUT2D eigenvalue weighted by Crippen LogP contribution is -2.01. The lowest BCUT2D eigenvalue weighted by Gasteiger charge is -2.05. The summed E-state index contributed by atoms with van der Waals surface area (Å²) in [5, 5.41) is 4.21. The topological polar surface area (TPSA) is 43.8 Å². The van der Waals surface area contributed by atoms with Crippen molar-refractivity contribution in [2.24, 2.45) is 0 Å². The number of aromatic nitrogens is 2. The zero-order valence-electron chi connectivity index (χ0n) is 9.37. The van der Waals surface area contributed by atoms with E-state index in [1.54, 1.807) is 0 Å². The Labute approximate surface area is 103 Å². The Morgan fingerprint density at radius 2 is 2.06 bits per heavy atom. The molecule has 0 aliphatic carbocycles. The van der Waals surface area contributed by atoms with Crippen LogP contribution in [0.5, 0.6) is 0 Å². The summed E-state index contributed by atoms with van der Waals surface area (Å²) in [5.74, 6) is 0.531. The van der Waals surface area contributed by atoms with E-state index < -0.39 is 0 Å². The van der Waals surface area contributed by atoms with E-state index in [0.29, 0.717) is 5.82 Å². The number of anilines is 1. The highest BCUT2D eigenvalue weighted by atomic mass is 79.9. The fraction of sp³-hybridized carbons (Fsp3) is 0.250. The van der Waals surface area contributed by atoms with Gasteiger partial charge in [0.05, 0.1) is 11.0 Å². The number of halogens is 1. The maximum absolute atomic E-state index is 5.67. The normalized spacial score (nSPS) is 10.7. The molecule has 2 N–H and O–H groups in total. The van der Waals surface area contributed by atoms with Gasteiger partial charge in [0.2, 0.25) is 0 Å². The third-order valence-electron chi connectivity index (χ3n) is 2.66. The van der Waals surface area contributed by atoms with E-state index in [9.17, 15) is 0 Å². The molecule has 1 aromatic carbocycles. The Morgan fingerprint density at radius 3 is 2.62 bits per heavy atom. The highest BCUT2D eigenvalue weighted by molar-refractivity contribution is 9.10. The van der Waals surface area contributed by atoms with Crippen LogP contribution < -0.4 is 5.73 Å². The molecule has 2 rings (SSSR count). The van der Waals surface area contributed by atoms with Gasteiger partial charge in [-0.05, 0) is 46.5 Å². The van der Waals surface area contributed by atoms with Gasteiger partial charge in [-0.15, -0.1) is 0 Å². The van der Waals surface area contributed by atoms with Crippen molar-refractivity contribution >= 4 is 21.7 Å². The molecule has 3 nitrogen and oxygen atoms in total. The SMILES string of the molecule is Cc1ccc(Cn2cc(Br)c(N)n2)cc1C. The minimum absolute atomic E-state index is 0.531. The molecule has 1 aromatic heterocycles. The van der Waals surface area contributed by atoms with E-state index >= 15 is 0 Å². The summed E-state index contributed by atoms with van der Waals surface area (Å²) < 4.78 is 2.68. The summed E-state index contributed by atoms with van der Waals surface area (Å²) in [7, 11) is 0. The molecule has 0 saturated heterocycles. The summed E-state index contributed by atoms with van der Waals surface area (Å²) in [5.41, 5.74) is 9.52. The molecule has 0 fully saturated rings. The number of rotatable bonds is 2. The van der Waals surface area contributed by atoms with Crippen LogP contribution in [0.15, 0.2) is 28.9 Å². The van der Waals surface area contributed by atoms with Crippen molar-refractivity contribution in [2.45, 2.75) is 20.4 Å². The van der Waals surface area contributed by atoms with Gasteiger partial charge in [0.25, 0.3) is 0 Å². The smallest absolute Gasteiger partial charge is 0.159 e. The van der Waals surface area contributed by atoms with Crippen LogP contribution in [0.4, 0.5) is 5.82 Å². The van der Waals surface area contributed by atoms with Crippen molar-refractivity contribution in [1.82, 2.24) is 9.78 Å². The maximum Gasteiger partial charge on any atom is 0.159 e. The first-order valence-electron chi connectivity index (χ1n) is 5.11. The average Bonchev–Trinajstić information content (AvgIpc) is 2.52. The predicted octanol–water partition coefficient (Wildman–Crippen LogP) is 2.89. The lowest BCUT2D eigenvalue weighted by atomic mass is 10.1. The molecule has 2 aromatic rings. The Morgan fingerprint density at radius 1 is 1.31 bits per heavy atom. The second-order valence-corrected chi connectivity index (χ2v) is 4.83. The van der Waals surface area contributed by atoms with E-state index in [-0.39, 0.29) is 0 Å². The van der Waals surface area contributed by atoms with Crippen LogP contribution in [-0.2, 0) is 6.54 Å². The molecule has 16 heavy (non-hydrogen) atoms. The third kappa shape index (κ3) is 2.27. The third-order valence-corrected chi connectivity index (χ3v) is 3.27. The second kappa shape index (κ2) is 4.29. The molecule has 0 atom stereocenters. The summed E-state index contributed by atoms with van der Waals surface area (Å²) >= 11 is 3.35. The molecular formula is C12H14BrN3.